The Bertz CT molecular complexity index is 525. The average molecular weight is 231 g/mol. The quantitative estimate of drug-likeness (QED) is 0.874. The Morgan fingerprint density at radius 3 is 2.59 bits per heavy atom. The molecule has 1 N–H and O–H groups in total. The van der Waals surface area contributed by atoms with Crippen LogP contribution >= 0.6 is 0 Å². The van der Waals surface area contributed by atoms with E-state index in [9.17, 15) is 4.79 Å². The van der Waals surface area contributed by atoms with Crippen LogP contribution in [0, 0.1) is 0 Å². The van der Waals surface area contributed by atoms with Crippen LogP contribution in [0.2, 0.25) is 0 Å². The van der Waals surface area contributed by atoms with Crippen LogP contribution < -0.4 is 5.69 Å². The second kappa shape index (κ2) is 4.99. The molecule has 17 heavy (non-hydrogen) atoms. The van der Waals surface area contributed by atoms with Crippen molar-refractivity contribution >= 4 is 0 Å². The summed E-state index contributed by atoms with van der Waals surface area (Å²) < 4.78 is 1.71. The third-order valence-electron chi connectivity index (χ3n) is 2.77. The van der Waals surface area contributed by atoms with Crippen molar-refractivity contribution in [2.45, 2.75) is 32.7 Å². The lowest BCUT2D eigenvalue weighted by Gasteiger charge is -2.08. The van der Waals surface area contributed by atoms with Crippen LogP contribution in [0.1, 0.15) is 31.3 Å². The lowest BCUT2D eigenvalue weighted by atomic mass is 10.1. The third kappa shape index (κ3) is 2.64. The fraction of sp³-hybridized carbons (Fsp3) is 0.385. The van der Waals surface area contributed by atoms with Gasteiger partial charge in [-0.15, -0.1) is 0 Å². The number of hydrogen-bond acceptors (Lipinski definition) is 2. The summed E-state index contributed by atoms with van der Waals surface area (Å²) in [4.78, 5) is 11.5. The molecule has 0 fully saturated rings. The highest BCUT2D eigenvalue weighted by Gasteiger charge is 2.10. The van der Waals surface area contributed by atoms with E-state index >= 15 is 0 Å². The van der Waals surface area contributed by atoms with Gasteiger partial charge in [-0.1, -0.05) is 30.3 Å². The van der Waals surface area contributed by atoms with Crippen LogP contribution in [0.3, 0.4) is 0 Å². The highest BCUT2D eigenvalue weighted by Crippen LogP contribution is 2.07. The highest BCUT2D eigenvalue weighted by atomic mass is 16.1. The van der Waals surface area contributed by atoms with Gasteiger partial charge in [0.1, 0.15) is 5.82 Å². The molecule has 0 saturated heterocycles. The standard InChI is InChI=1S/C13H17N3O/c1-10(2)16-12(14-15-13(16)17)9-8-11-6-4-3-5-7-11/h3-7,10H,8-9H2,1-2H3,(H,15,17). The molecule has 0 aliphatic carbocycles. The summed E-state index contributed by atoms with van der Waals surface area (Å²) in [6.07, 6.45) is 1.68. The first-order valence-corrected chi connectivity index (χ1v) is 5.88. The Morgan fingerprint density at radius 2 is 1.94 bits per heavy atom. The van der Waals surface area contributed by atoms with Crippen molar-refractivity contribution in [1.29, 1.82) is 0 Å². The van der Waals surface area contributed by atoms with E-state index in [0.29, 0.717) is 0 Å². The number of hydrogen-bond donors (Lipinski definition) is 1. The Hall–Kier alpha value is -1.84. The van der Waals surface area contributed by atoms with Gasteiger partial charge in [0.15, 0.2) is 0 Å². The fourth-order valence-corrected chi connectivity index (χ4v) is 1.95. The third-order valence-corrected chi connectivity index (χ3v) is 2.77. The van der Waals surface area contributed by atoms with Crippen molar-refractivity contribution < 1.29 is 0 Å². The van der Waals surface area contributed by atoms with Gasteiger partial charge in [0, 0.05) is 12.5 Å². The second-order valence-electron chi connectivity index (χ2n) is 4.39. The van der Waals surface area contributed by atoms with Gasteiger partial charge in [0.05, 0.1) is 0 Å². The zero-order chi connectivity index (χ0) is 12.3. The molecule has 0 aliphatic heterocycles. The van der Waals surface area contributed by atoms with E-state index in [1.807, 2.05) is 32.0 Å². The number of nitrogens with one attached hydrogen (secondary N) is 1. The number of aryl methyl sites for hydroxylation is 2. The van der Waals surface area contributed by atoms with Gasteiger partial charge in [-0.2, -0.15) is 5.10 Å². The zero-order valence-electron chi connectivity index (χ0n) is 10.2. The Labute approximate surface area is 100 Å². The maximum absolute atomic E-state index is 11.5. The zero-order valence-corrected chi connectivity index (χ0v) is 10.2. The van der Waals surface area contributed by atoms with Gasteiger partial charge in [-0.3, -0.25) is 4.57 Å². The topological polar surface area (TPSA) is 50.7 Å². The number of nitrogens with zero attached hydrogens (tertiary/aromatic N) is 2. The lowest BCUT2D eigenvalue weighted by Crippen LogP contribution is -2.21. The molecule has 1 aromatic carbocycles. The normalized spacial score (nSPS) is 11.0. The molecular weight excluding hydrogens is 214 g/mol. The van der Waals surface area contributed by atoms with Crippen molar-refractivity contribution in [2.24, 2.45) is 0 Å². The minimum Gasteiger partial charge on any atom is -0.277 e. The van der Waals surface area contributed by atoms with Crippen molar-refractivity contribution in [1.82, 2.24) is 14.8 Å². The van der Waals surface area contributed by atoms with Gasteiger partial charge >= 0.3 is 5.69 Å². The van der Waals surface area contributed by atoms with Crippen LogP contribution in [-0.4, -0.2) is 14.8 Å². The molecule has 2 rings (SSSR count). The van der Waals surface area contributed by atoms with Crippen LogP contribution in [0.5, 0.6) is 0 Å². The van der Waals surface area contributed by atoms with E-state index in [-0.39, 0.29) is 11.7 Å². The SMILES string of the molecule is CC(C)n1c(CCc2ccccc2)n[nH]c1=O. The minimum absolute atomic E-state index is 0.122. The minimum atomic E-state index is -0.122. The number of benzene rings is 1. The monoisotopic (exact) mass is 231 g/mol. The summed E-state index contributed by atoms with van der Waals surface area (Å²) in [5, 5.41) is 6.59. The second-order valence-corrected chi connectivity index (χ2v) is 4.39. The summed E-state index contributed by atoms with van der Waals surface area (Å²) in [6.45, 7) is 3.98. The summed E-state index contributed by atoms with van der Waals surface area (Å²) in [6, 6.07) is 10.4. The smallest absolute Gasteiger partial charge is 0.277 e. The predicted molar refractivity (Wildman–Crippen MR) is 67.1 cm³/mol. The molecule has 0 unspecified atom stereocenters. The van der Waals surface area contributed by atoms with Crippen molar-refractivity contribution in [2.75, 3.05) is 0 Å². The Kier molecular flexibility index (Phi) is 3.42. The molecule has 4 nitrogen and oxygen atoms in total. The van der Waals surface area contributed by atoms with Crippen LogP contribution in [0.25, 0.3) is 0 Å². The van der Waals surface area contributed by atoms with Crippen molar-refractivity contribution in [3.05, 3.63) is 52.2 Å². The van der Waals surface area contributed by atoms with E-state index in [4.69, 9.17) is 0 Å². The molecule has 1 heterocycles. The first-order chi connectivity index (χ1) is 8.18. The average Bonchev–Trinajstić information content (AvgIpc) is 2.69. The molecule has 0 radical (unpaired) electrons. The molecule has 4 heteroatoms. The largest absolute Gasteiger partial charge is 0.343 e. The number of rotatable bonds is 4. The maximum Gasteiger partial charge on any atom is 0.343 e. The van der Waals surface area contributed by atoms with E-state index in [0.717, 1.165) is 18.7 Å². The number of aromatic nitrogens is 3. The highest BCUT2D eigenvalue weighted by molar-refractivity contribution is 5.15. The van der Waals surface area contributed by atoms with Gasteiger partial charge in [0.25, 0.3) is 0 Å². The molecule has 1 aromatic heterocycles. The van der Waals surface area contributed by atoms with Crippen LogP contribution in [-0.2, 0) is 12.8 Å². The van der Waals surface area contributed by atoms with E-state index in [1.54, 1.807) is 4.57 Å². The molecule has 0 aliphatic rings. The predicted octanol–water partition coefficient (Wildman–Crippen LogP) is 1.94. The van der Waals surface area contributed by atoms with Crippen molar-refractivity contribution in [3.63, 3.8) is 0 Å². The lowest BCUT2D eigenvalue weighted by molar-refractivity contribution is 0.550. The molecule has 0 amide bonds. The number of aromatic amines is 1. The molecule has 90 valence electrons. The van der Waals surface area contributed by atoms with Crippen molar-refractivity contribution in [3.8, 4) is 0 Å². The fourth-order valence-electron chi connectivity index (χ4n) is 1.95. The molecule has 0 saturated carbocycles. The molecular formula is C13H17N3O. The van der Waals surface area contributed by atoms with Gasteiger partial charge < -0.3 is 0 Å². The maximum atomic E-state index is 11.5. The van der Waals surface area contributed by atoms with Crippen LogP contribution in [0.4, 0.5) is 0 Å². The Balaban J connectivity index is 2.12. The summed E-state index contributed by atoms with van der Waals surface area (Å²) in [5.41, 5.74) is 1.14. The molecule has 0 spiro atoms. The number of H-pyrrole nitrogens is 1. The van der Waals surface area contributed by atoms with Gasteiger partial charge in [-0.05, 0) is 25.8 Å². The van der Waals surface area contributed by atoms with Gasteiger partial charge in [0.2, 0.25) is 0 Å². The summed E-state index contributed by atoms with van der Waals surface area (Å²) in [7, 11) is 0. The summed E-state index contributed by atoms with van der Waals surface area (Å²) >= 11 is 0. The molecule has 2 aromatic rings. The summed E-state index contributed by atoms with van der Waals surface area (Å²) in [5.74, 6) is 0.828. The first-order valence-electron chi connectivity index (χ1n) is 5.88. The first kappa shape index (κ1) is 11.6. The van der Waals surface area contributed by atoms with E-state index < -0.39 is 0 Å². The molecule has 0 bridgehead atoms. The van der Waals surface area contributed by atoms with E-state index in [1.165, 1.54) is 5.56 Å². The Morgan fingerprint density at radius 1 is 1.24 bits per heavy atom. The molecule has 0 atom stereocenters. The van der Waals surface area contributed by atoms with Crippen LogP contribution in [0.15, 0.2) is 35.1 Å². The van der Waals surface area contributed by atoms with E-state index in [2.05, 4.69) is 22.3 Å². The van der Waals surface area contributed by atoms with Gasteiger partial charge in [-0.25, -0.2) is 9.89 Å².